The van der Waals surface area contributed by atoms with Crippen molar-refractivity contribution in [3.8, 4) is 0 Å². The SMILES string of the molecule is O=C(O)C1CC2CCC1C2.[2H]C(Nc1cc(F)cc(/C=C/C(=O)OC)c1)c1ccc(Br)cc1.[2H]C(c1ccc(Br)cc1)N(C(=O)C1CC2CCC1C2)c1cc(F)cc(/C=C/C(=O)OC)c1. The van der Waals surface area contributed by atoms with E-state index in [2.05, 4.69) is 46.7 Å². The number of carboxylic acids is 1. The standard InChI is InChI=1S/C25H25BrFNO3.C17H15BrFNO2.C8H12O2/c1-31-24(29)9-5-18-11-21(27)14-22(12-18)28(15-16-3-7-20(26)8-4-16)25(30)23-13-17-2-6-19(23)10-17;1-22-17(21)7-4-13-8-15(19)10-16(9-13)20-11-12-2-5-14(18)6-3-12;9-8(10)7-4-5-1-2-6(7)3-5/h3-5,7-9,11-12,14,17,19,23H,2,6,10,13,15H2,1H3;2-10,20H,11H2,1H3;5-7H,1-4H2,(H,9,10)/b9-5+;7-4+;/i15D;11D;. The van der Waals surface area contributed by atoms with Crippen molar-refractivity contribution >= 4 is 79.2 Å². The molecule has 0 saturated heterocycles. The number of hydrogen-bond acceptors (Lipinski definition) is 7. The molecule has 8 atom stereocenters. The van der Waals surface area contributed by atoms with E-state index in [4.69, 9.17) is 7.85 Å². The van der Waals surface area contributed by atoms with Crippen LogP contribution in [0.2, 0.25) is 0 Å². The van der Waals surface area contributed by atoms with Crippen LogP contribution in [0.5, 0.6) is 0 Å². The highest BCUT2D eigenvalue weighted by molar-refractivity contribution is 9.10. The number of carbonyl (C=O) groups is 4. The zero-order valence-corrected chi connectivity index (χ0v) is 38.2. The first kappa shape index (κ1) is 44.5. The van der Waals surface area contributed by atoms with Crippen LogP contribution in [0.3, 0.4) is 0 Å². The Kier molecular flexibility index (Phi) is 15.9. The van der Waals surface area contributed by atoms with Gasteiger partial charge >= 0.3 is 17.9 Å². The number of nitrogens with one attached hydrogen (secondary N) is 1. The molecule has 0 spiro atoms. The van der Waals surface area contributed by atoms with E-state index in [1.54, 1.807) is 24.3 Å². The number of esters is 2. The van der Waals surface area contributed by atoms with Gasteiger partial charge in [0.05, 0.1) is 29.4 Å². The molecule has 8 unspecified atom stereocenters. The van der Waals surface area contributed by atoms with Crippen molar-refractivity contribution in [1.29, 1.82) is 0 Å². The summed E-state index contributed by atoms with van der Waals surface area (Å²) >= 11 is 6.74. The lowest BCUT2D eigenvalue weighted by atomic mass is 9.87. The van der Waals surface area contributed by atoms with Gasteiger partial charge in [0, 0.05) is 44.9 Å². The molecule has 2 N–H and O–H groups in total. The number of halogens is 4. The van der Waals surface area contributed by atoms with Gasteiger partial charge in [-0.1, -0.05) is 69.0 Å². The molecule has 4 fully saturated rings. The Morgan fingerprint density at radius 3 is 1.70 bits per heavy atom. The van der Waals surface area contributed by atoms with Crippen LogP contribution in [-0.2, 0) is 41.7 Å². The van der Waals surface area contributed by atoms with Gasteiger partial charge in [0.15, 0.2) is 0 Å². The zero-order chi connectivity index (χ0) is 46.8. The summed E-state index contributed by atoms with van der Waals surface area (Å²) < 4.78 is 56.2. The fraction of sp³-hybridized carbons (Fsp3) is 0.360. The minimum absolute atomic E-state index is 0.0127. The highest BCUT2D eigenvalue weighted by Gasteiger charge is 2.45. The topological polar surface area (TPSA) is 122 Å². The van der Waals surface area contributed by atoms with E-state index in [-0.39, 0.29) is 17.7 Å². The van der Waals surface area contributed by atoms with E-state index in [0.717, 1.165) is 52.5 Å². The lowest BCUT2D eigenvalue weighted by molar-refractivity contribution is -0.143. The molecule has 0 aromatic heterocycles. The average molecular weight is 993 g/mol. The maximum absolute atomic E-state index is 14.5. The van der Waals surface area contributed by atoms with Crippen molar-refractivity contribution in [1.82, 2.24) is 0 Å². The molecule has 4 aliphatic rings. The second kappa shape index (κ2) is 22.5. The van der Waals surface area contributed by atoms with Gasteiger partial charge < -0.3 is 24.8 Å². The summed E-state index contributed by atoms with van der Waals surface area (Å²) in [7, 11) is 2.54. The molecule has 1 amide bonds. The molecule has 4 aromatic rings. The normalized spacial score (nSPS) is 23.1. The fourth-order valence-corrected chi connectivity index (χ4v) is 9.58. The van der Waals surface area contributed by atoms with Crippen LogP contribution < -0.4 is 10.2 Å². The molecular formula is C50H52Br2F2N2O7. The first-order chi connectivity index (χ1) is 31.1. The minimum Gasteiger partial charge on any atom is -0.481 e. The van der Waals surface area contributed by atoms with Gasteiger partial charge in [-0.25, -0.2) is 18.4 Å². The summed E-state index contributed by atoms with van der Waals surface area (Å²) in [5, 5.41) is 11.7. The maximum atomic E-state index is 14.5. The van der Waals surface area contributed by atoms with Crippen LogP contribution >= 0.6 is 31.9 Å². The quantitative estimate of drug-likeness (QED) is 0.106. The summed E-state index contributed by atoms with van der Waals surface area (Å²) in [6.07, 6.45) is 14.0. The number of carboxylic acid groups (broad SMARTS) is 1. The molecule has 8 rings (SSSR count). The van der Waals surface area contributed by atoms with Crippen LogP contribution in [0.15, 0.2) is 106 Å². The number of fused-ring (bicyclic) bond motifs is 4. The first-order valence-electron chi connectivity index (χ1n) is 22.1. The van der Waals surface area contributed by atoms with Crippen LogP contribution in [0.4, 0.5) is 20.2 Å². The van der Waals surface area contributed by atoms with Gasteiger partial charge in [0.25, 0.3) is 0 Å². The molecule has 0 heterocycles. The Bertz CT molecular complexity index is 2390. The molecule has 4 saturated carbocycles. The summed E-state index contributed by atoms with van der Waals surface area (Å²) in [6, 6.07) is 23.0. The van der Waals surface area contributed by atoms with Crippen molar-refractivity contribution in [2.45, 2.75) is 64.4 Å². The molecule has 0 radical (unpaired) electrons. The Labute approximate surface area is 387 Å². The molecule has 13 heteroatoms. The number of ether oxygens (including phenoxy) is 2. The van der Waals surface area contributed by atoms with Gasteiger partial charge in [0.2, 0.25) is 5.91 Å². The summed E-state index contributed by atoms with van der Waals surface area (Å²) in [4.78, 5) is 48.3. The third-order valence-electron chi connectivity index (χ3n) is 12.1. The number of methoxy groups -OCH3 is 2. The van der Waals surface area contributed by atoms with Gasteiger partial charge in [0.1, 0.15) is 11.6 Å². The van der Waals surface area contributed by atoms with Crippen molar-refractivity contribution in [2.24, 2.45) is 35.5 Å². The van der Waals surface area contributed by atoms with Crippen molar-refractivity contribution < 1.29 is 45.3 Å². The molecule has 63 heavy (non-hydrogen) atoms. The number of rotatable bonds is 12. The number of aliphatic carboxylic acids is 1. The fourth-order valence-electron chi connectivity index (χ4n) is 9.05. The number of amides is 1. The highest BCUT2D eigenvalue weighted by Crippen LogP contribution is 2.50. The molecule has 4 aliphatic carbocycles. The Hall–Kier alpha value is -5.14. The molecule has 4 aromatic carbocycles. The third-order valence-corrected chi connectivity index (χ3v) is 13.2. The van der Waals surface area contributed by atoms with Crippen LogP contribution in [0.25, 0.3) is 12.2 Å². The minimum atomic E-state index is -1.02. The lowest BCUT2D eigenvalue weighted by Crippen LogP contribution is -2.38. The monoisotopic (exact) mass is 990 g/mol. The van der Waals surface area contributed by atoms with Crippen molar-refractivity contribution in [3.63, 3.8) is 0 Å². The number of anilines is 2. The lowest BCUT2D eigenvalue weighted by Gasteiger charge is -2.30. The summed E-state index contributed by atoms with van der Waals surface area (Å²) in [5.41, 5.74) is 3.08. The van der Waals surface area contributed by atoms with Gasteiger partial charge in [-0.2, -0.15) is 0 Å². The second-order valence-electron chi connectivity index (χ2n) is 16.4. The van der Waals surface area contributed by atoms with E-state index < -0.39 is 42.6 Å². The molecular weight excluding hydrogens is 938 g/mol. The predicted molar refractivity (Wildman–Crippen MR) is 247 cm³/mol. The maximum Gasteiger partial charge on any atom is 0.330 e. The third kappa shape index (κ3) is 13.7. The van der Waals surface area contributed by atoms with Crippen molar-refractivity contribution in [2.75, 3.05) is 24.4 Å². The van der Waals surface area contributed by atoms with E-state index in [0.29, 0.717) is 45.8 Å². The van der Waals surface area contributed by atoms with Gasteiger partial charge in [-0.05, 0) is 157 Å². The first-order valence-corrected chi connectivity index (χ1v) is 22.5. The molecule has 9 nitrogen and oxygen atoms in total. The Morgan fingerprint density at radius 2 is 1.22 bits per heavy atom. The summed E-state index contributed by atoms with van der Waals surface area (Å²) in [5.74, 6) is -0.708. The molecule has 332 valence electrons. The molecule has 0 aliphatic heterocycles. The zero-order valence-electron chi connectivity index (χ0n) is 37.0. The van der Waals surface area contributed by atoms with Gasteiger partial charge in [-0.3, -0.25) is 9.59 Å². The number of benzene rings is 4. The Balaban J connectivity index is 0.000000183. The Morgan fingerprint density at radius 1 is 0.714 bits per heavy atom. The molecule has 4 bridgehead atoms. The van der Waals surface area contributed by atoms with Crippen molar-refractivity contribution in [3.05, 3.63) is 140 Å². The predicted octanol–water partition coefficient (Wildman–Crippen LogP) is 11.6. The highest BCUT2D eigenvalue weighted by atomic mass is 79.9. The van der Waals surface area contributed by atoms with E-state index >= 15 is 0 Å². The number of hydrogen-bond donors (Lipinski definition) is 2. The van der Waals surface area contributed by atoms with Gasteiger partial charge in [-0.15, -0.1) is 0 Å². The summed E-state index contributed by atoms with van der Waals surface area (Å²) in [6.45, 7) is -1.75. The second-order valence-corrected chi connectivity index (χ2v) is 18.2. The van der Waals surface area contributed by atoms with E-state index in [9.17, 15) is 28.0 Å². The number of carbonyl (C=O) groups excluding carboxylic acids is 3. The van der Waals surface area contributed by atoms with E-state index in [1.165, 1.54) is 87.0 Å². The average Bonchev–Trinajstić information content (AvgIpc) is 4.13. The van der Waals surface area contributed by atoms with Crippen LogP contribution in [0.1, 0.15) is 76.4 Å². The van der Waals surface area contributed by atoms with E-state index in [1.807, 2.05) is 36.4 Å². The van der Waals surface area contributed by atoms with Crippen LogP contribution in [-0.4, -0.2) is 43.1 Å². The van der Waals surface area contributed by atoms with Crippen LogP contribution in [0, 0.1) is 47.1 Å². The smallest absolute Gasteiger partial charge is 0.330 e. The largest absolute Gasteiger partial charge is 0.481 e. The number of nitrogens with zero attached hydrogens (tertiary/aromatic N) is 1.